The maximum atomic E-state index is 13.3. The SMILES string of the molecule is Cc1ccc(OCCNC(=O)CC2CN(c3cc(Cl)nc(-n4ccnc4)n3)CCN2C(=O)NS(=O)(=O)c2ccccc2)cc1. The van der Waals surface area contributed by atoms with Crippen molar-refractivity contribution in [3.05, 3.63) is 90.1 Å². The molecule has 3 heterocycles. The Labute approximate surface area is 259 Å². The Kier molecular flexibility index (Phi) is 9.60. The molecule has 230 valence electrons. The van der Waals surface area contributed by atoms with Crippen LogP contribution in [0.3, 0.4) is 0 Å². The van der Waals surface area contributed by atoms with Gasteiger partial charge in [0.1, 0.15) is 29.7 Å². The Morgan fingerprint density at radius 2 is 1.84 bits per heavy atom. The van der Waals surface area contributed by atoms with E-state index in [1.165, 1.54) is 17.0 Å². The zero-order valence-corrected chi connectivity index (χ0v) is 25.4. The van der Waals surface area contributed by atoms with E-state index in [1.54, 1.807) is 47.6 Å². The highest BCUT2D eigenvalue weighted by Gasteiger charge is 2.34. The Balaban J connectivity index is 1.29. The van der Waals surface area contributed by atoms with E-state index in [0.29, 0.717) is 24.1 Å². The van der Waals surface area contributed by atoms with Gasteiger partial charge in [-0.25, -0.2) is 27.9 Å². The summed E-state index contributed by atoms with van der Waals surface area (Å²) >= 11 is 6.31. The highest BCUT2D eigenvalue weighted by atomic mass is 35.5. The summed E-state index contributed by atoms with van der Waals surface area (Å²) < 4.78 is 35.2. The second-order valence-electron chi connectivity index (χ2n) is 10.1. The molecule has 13 nitrogen and oxygen atoms in total. The van der Waals surface area contributed by atoms with Crippen LogP contribution >= 0.6 is 11.6 Å². The number of sulfonamides is 1. The van der Waals surface area contributed by atoms with Crippen LogP contribution in [0.2, 0.25) is 5.15 Å². The van der Waals surface area contributed by atoms with Crippen molar-refractivity contribution in [2.45, 2.75) is 24.3 Å². The quantitative estimate of drug-likeness (QED) is 0.197. The van der Waals surface area contributed by atoms with Gasteiger partial charge < -0.3 is 19.9 Å². The highest BCUT2D eigenvalue weighted by Crippen LogP contribution is 2.23. The van der Waals surface area contributed by atoms with Gasteiger partial charge >= 0.3 is 6.03 Å². The number of ether oxygens (including phenoxy) is 1. The number of urea groups is 1. The van der Waals surface area contributed by atoms with Crippen LogP contribution in [-0.2, 0) is 14.8 Å². The minimum Gasteiger partial charge on any atom is -0.492 e. The number of halogens is 1. The van der Waals surface area contributed by atoms with Crippen LogP contribution in [0.5, 0.6) is 5.75 Å². The Bertz CT molecular complexity index is 1690. The predicted molar refractivity (Wildman–Crippen MR) is 163 cm³/mol. The summed E-state index contributed by atoms with van der Waals surface area (Å²) in [6, 6.07) is 15.3. The smallest absolute Gasteiger partial charge is 0.331 e. The van der Waals surface area contributed by atoms with Gasteiger partial charge in [-0.05, 0) is 31.2 Å². The van der Waals surface area contributed by atoms with Gasteiger partial charge in [0.15, 0.2) is 0 Å². The van der Waals surface area contributed by atoms with Crippen LogP contribution in [0.4, 0.5) is 10.6 Å². The molecule has 0 saturated carbocycles. The van der Waals surface area contributed by atoms with Gasteiger partial charge in [0.2, 0.25) is 11.9 Å². The summed E-state index contributed by atoms with van der Waals surface area (Å²) in [4.78, 5) is 42.4. The van der Waals surface area contributed by atoms with E-state index >= 15 is 0 Å². The zero-order chi connectivity index (χ0) is 31.1. The van der Waals surface area contributed by atoms with Crippen molar-refractivity contribution in [3.8, 4) is 11.7 Å². The molecule has 1 unspecified atom stereocenters. The molecular weight excluding hydrogens is 608 g/mol. The Morgan fingerprint density at radius 3 is 2.57 bits per heavy atom. The molecule has 1 aliphatic heterocycles. The second-order valence-corrected chi connectivity index (χ2v) is 12.1. The number of carbonyl (C=O) groups is 2. The molecule has 4 aromatic rings. The van der Waals surface area contributed by atoms with E-state index in [4.69, 9.17) is 16.3 Å². The van der Waals surface area contributed by atoms with Gasteiger partial charge in [-0.1, -0.05) is 47.5 Å². The van der Waals surface area contributed by atoms with Crippen LogP contribution in [-0.4, -0.2) is 83.6 Å². The number of anilines is 1. The number of hydrogen-bond acceptors (Lipinski definition) is 9. The van der Waals surface area contributed by atoms with E-state index < -0.39 is 22.1 Å². The number of aryl methyl sites for hydroxylation is 1. The van der Waals surface area contributed by atoms with E-state index in [9.17, 15) is 18.0 Å². The molecule has 44 heavy (non-hydrogen) atoms. The third kappa shape index (κ3) is 7.82. The minimum atomic E-state index is -4.13. The standard InChI is InChI=1S/C29H31ClN8O5S/c1-21-7-9-23(10-8-21)43-16-12-32-27(39)17-22-19-36(26-18-25(30)33-28(34-26)37-13-11-31-20-37)14-15-38(22)29(40)35-44(41,42)24-5-3-2-4-6-24/h2-11,13,18,20,22H,12,14-17,19H2,1H3,(H,32,39)(H,35,40). The summed E-state index contributed by atoms with van der Waals surface area (Å²) in [5, 5.41) is 3.02. The molecule has 0 aliphatic carbocycles. The van der Waals surface area contributed by atoms with Crippen LogP contribution in [0.25, 0.3) is 5.95 Å². The molecule has 1 atom stereocenters. The normalized spacial score (nSPS) is 15.1. The summed E-state index contributed by atoms with van der Waals surface area (Å²) in [6.07, 6.45) is 4.72. The maximum absolute atomic E-state index is 13.3. The lowest BCUT2D eigenvalue weighted by Crippen LogP contribution is -2.59. The highest BCUT2D eigenvalue weighted by molar-refractivity contribution is 7.90. The van der Waals surface area contributed by atoms with Crippen LogP contribution in [0, 0.1) is 6.92 Å². The average Bonchev–Trinajstić information content (AvgIpc) is 3.56. The van der Waals surface area contributed by atoms with Crippen molar-refractivity contribution < 1.29 is 22.7 Å². The van der Waals surface area contributed by atoms with Crippen LogP contribution in [0.1, 0.15) is 12.0 Å². The molecule has 2 aromatic heterocycles. The molecule has 0 radical (unpaired) electrons. The summed E-state index contributed by atoms with van der Waals surface area (Å²) in [6.45, 7) is 3.08. The topological polar surface area (TPSA) is 152 Å². The van der Waals surface area contributed by atoms with Crippen molar-refractivity contribution in [3.63, 3.8) is 0 Å². The lowest BCUT2D eigenvalue weighted by molar-refractivity contribution is -0.122. The molecule has 1 saturated heterocycles. The molecule has 2 N–H and O–H groups in total. The predicted octanol–water partition coefficient (Wildman–Crippen LogP) is 2.80. The fourth-order valence-corrected chi connectivity index (χ4v) is 5.82. The van der Waals surface area contributed by atoms with E-state index in [2.05, 4.69) is 25.0 Å². The molecule has 0 bridgehead atoms. The molecule has 3 amide bonds. The number of carbonyl (C=O) groups excluding carboxylic acids is 2. The van der Waals surface area contributed by atoms with Crippen LogP contribution in [0.15, 0.2) is 84.3 Å². The van der Waals surface area contributed by atoms with Gasteiger partial charge in [0.25, 0.3) is 10.0 Å². The summed E-state index contributed by atoms with van der Waals surface area (Å²) in [5.41, 5.74) is 1.11. The van der Waals surface area contributed by atoms with E-state index in [1.807, 2.05) is 36.1 Å². The molecule has 0 spiro atoms. The second kappa shape index (κ2) is 13.7. The van der Waals surface area contributed by atoms with Gasteiger partial charge in [-0.2, -0.15) is 4.98 Å². The fraction of sp³-hybridized carbons (Fsp3) is 0.276. The first-order chi connectivity index (χ1) is 21.2. The first kappa shape index (κ1) is 30.8. The number of nitrogens with zero attached hydrogens (tertiary/aromatic N) is 6. The van der Waals surface area contributed by atoms with Crippen molar-refractivity contribution in [2.24, 2.45) is 0 Å². The van der Waals surface area contributed by atoms with Gasteiger partial charge in [0, 0.05) is 44.5 Å². The third-order valence-corrected chi connectivity index (χ3v) is 8.41. The van der Waals surface area contributed by atoms with Crippen molar-refractivity contribution in [1.29, 1.82) is 0 Å². The lowest BCUT2D eigenvalue weighted by Gasteiger charge is -2.41. The number of amides is 3. The van der Waals surface area contributed by atoms with E-state index in [-0.39, 0.29) is 48.6 Å². The van der Waals surface area contributed by atoms with Gasteiger partial charge in [-0.3, -0.25) is 9.36 Å². The zero-order valence-electron chi connectivity index (χ0n) is 23.8. The van der Waals surface area contributed by atoms with Crippen LogP contribution < -0.4 is 19.7 Å². The first-order valence-electron chi connectivity index (χ1n) is 13.8. The maximum Gasteiger partial charge on any atom is 0.331 e. The Hall–Kier alpha value is -4.69. The van der Waals surface area contributed by atoms with Crippen molar-refractivity contribution in [1.82, 2.24) is 34.5 Å². The summed E-state index contributed by atoms with van der Waals surface area (Å²) in [5.74, 6) is 1.16. The average molecular weight is 639 g/mol. The number of hydrogen-bond donors (Lipinski definition) is 2. The lowest BCUT2D eigenvalue weighted by atomic mass is 10.1. The number of aromatic nitrogens is 4. The molecular formula is C29H31ClN8O5S. The first-order valence-corrected chi connectivity index (χ1v) is 15.7. The third-order valence-electron chi connectivity index (χ3n) is 6.88. The monoisotopic (exact) mass is 638 g/mol. The van der Waals surface area contributed by atoms with E-state index in [0.717, 1.165) is 5.56 Å². The number of rotatable bonds is 10. The van der Waals surface area contributed by atoms with Gasteiger partial charge in [-0.15, -0.1) is 0 Å². The van der Waals surface area contributed by atoms with Crippen molar-refractivity contribution >= 4 is 39.4 Å². The summed E-state index contributed by atoms with van der Waals surface area (Å²) in [7, 11) is -4.13. The molecule has 5 rings (SSSR count). The fourth-order valence-electron chi connectivity index (χ4n) is 4.67. The molecule has 2 aromatic carbocycles. The minimum absolute atomic E-state index is 0.0440. The Morgan fingerprint density at radius 1 is 1.07 bits per heavy atom. The molecule has 1 fully saturated rings. The number of benzene rings is 2. The van der Waals surface area contributed by atoms with Gasteiger partial charge in [0.05, 0.1) is 17.5 Å². The largest absolute Gasteiger partial charge is 0.492 e. The molecule has 15 heteroatoms. The number of nitrogens with one attached hydrogen (secondary N) is 2. The number of imidazole rings is 1. The van der Waals surface area contributed by atoms with Crippen molar-refractivity contribution in [2.75, 3.05) is 37.7 Å². The number of piperazine rings is 1. The molecule has 1 aliphatic rings.